The topological polar surface area (TPSA) is 93.7 Å². The van der Waals surface area contributed by atoms with Crippen LogP contribution in [0.5, 0.6) is 11.5 Å². The molecule has 0 aliphatic rings. The summed E-state index contributed by atoms with van der Waals surface area (Å²) in [6.07, 6.45) is 0. The van der Waals surface area contributed by atoms with Gasteiger partial charge in [-0.3, -0.25) is 9.52 Å². The number of benzene rings is 2. The van der Waals surface area contributed by atoms with Crippen molar-refractivity contribution >= 4 is 21.6 Å². The quantitative estimate of drug-likeness (QED) is 0.829. The van der Waals surface area contributed by atoms with Gasteiger partial charge in [0.2, 0.25) is 0 Å². The van der Waals surface area contributed by atoms with Crippen LogP contribution in [0.1, 0.15) is 10.4 Å². The molecule has 128 valence electrons. The zero-order valence-electron chi connectivity index (χ0n) is 13.5. The average molecular weight is 350 g/mol. The second-order valence-electron chi connectivity index (χ2n) is 4.78. The van der Waals surface area contributed by atoms with Crippen molar-refractivity contribution in [3.8, 4) is 11.5 Å². The lowest BCUT2D eigenvalue weighted by Crippen LogP contribution is -2.18. The van der Waals surface area contributed by atoms with Crippen LogP contribution in [0.4, 0.5) is 5.69 Å². The molecule has 0 unspecified atom stereocenters. The number of carbonyl (C=O) groups excluding carboxylic acids is 1. The van der Waals surface area contributed by atoms with Crippen LogP contribution in [0.3, 0.4) is 0 Å². The lowest BCUT2D eigenvalue weighted by atomic mass is 10.2. The minimum absolute atomic E-state index is 0.0278. The molecule has 0 heterocycles. The van der Waals surface area contributed by atoms with E-state index in [1.807, 2.05) is 0 Å². The Bertz CT molecular complexity index is 832. The fraction of sp³-hybridized carbons (Fsp3) is 0.188. The van der Waals surface area contributed by atoms with Gasteiger partial charge >= 0.3 is 0 Å². The third-order valence-electron chi connectivity index (χ3n) is 3.30. The molecule has 0 bridgehead atoms. The maximum Gasteiger partial charge on any atom is 0.262 e. The predicted octanol–water partition coefficient (Wildman–Crippen LogP) is 1.86. The van der Waals surface area contributed by atoms with Gasteiger partial charge in [0.25, 0.3) is 15.9 Å². The number of nitrogens with one attached hydrogen (secondary N) is 2. The van der Waals surface area contributed by atoms with Gasteiger partial charge in [0.1, 0.15) is 11.5 Å². The highest BCUT2D eigenvalue weighted by Gasteiger charge is 2.17. The summed E-state index contributed by atoms with van der Waals surface area (Å²) in [5.41, 5.74) is 0.627. The third kappa shape index (κ3) is 3.77. The van der Waals surface area contributed by atoms with E-state index in [9.17, 15) is 13.2 Å². The van der Waals surface area contributed by atoms with E-state index >= 15 is 0 Å². The zero-order chi connectivity index (χ0) is 17.7. The number of rotatable bonds is 6. The molecule has 24 heavy (non-hydrogen) atoms. The summed E-state index contributed by atoms with van der Waals surface area (Å²) in [5.74, 6) is 0.561. The van der Waals surface area contributed by atoms with E-state index in [4.69, 9.17) is 9.47 Å². The van der Waals surface area contributed by atoms with Gasteiger partial charge in [0.15, 0.2) is 0 Å². The summed E-state index contributed by atoms with van der Waals surface area (Å²) in [4.78, 5) is 11.5. The summed E-state index contributed by atoms with van der Waals surface area (Å²) in [5, 5.41) is 2.47. The molecule has 2 aromatic carbocycles. The smallest absolute Gasteiger partial charge is 0.262 e. The van der Waals surface area contributed by atoms with E-state index in [1.165, 1.54) is 51.6 Å². The van der Waals surface area contributed by atoms with Crippen LogP contribution in [0.2, 0.25) is 0 Å². The monoisotopic (exact) mass is 350 g/mol. The summed E-state index contributed by atoms with van der Waals surface area (Å²) in [6, 6.07) is 10.4. The van der Waals surface area contributed by atoms with Gasteiger partial charge in [-0.1, -0.05) is 0 Å². The van der Waals surface area contributed by atoms with Crippen molar-refractivity contribution in [1.82, 2.24) is 5.32 Å². The highest BCUT2D eigenvalue weighted by Crippen LogP contribution is 2.30. The standard InChI is InChI=1S/C16H18N2O5S/c1-17-16(19)11-4-7-13(8-5-11)24(20,21)18-14-10-12(22-2)6-9-15(14)23-3/h4-10,18H,1-3H3,(H,17,19). The number of anilines is 1. The molecule has 0 atom stereocenters. The summed E-state index contributed by atoms with van der Waals surface area (Å²) in [6.45, 7) is 0. The van der Waals surface area contributed by atoms with Crippen molar-refractivity contribution in [2.24, 2.45) is 0 Å². The first kappa shape index (κ1) is 17.6. The van der Waals surface area contributed by atoms with Gasteiger partial charge in [0.05, 0.1) is 24.8 Å². The Morgan fingerprint density at radius 2 is 1.67 bits per heavy atom. The van der Waals surface area contributed by atoms with E-state index in [0.29, 0.717) is 17.1 Å². The lowest BCUT2D eigenvalue weighted by Gasteiger charge is -2.13. The number of methoxy groups -OCH3 is 2. The number of ether oxygens (including phenoxy) is 2. The third-order valence-corrected chi connectivity index (χ3v) is 4.69. The second kappa shape index (κ2) is 7.22. The number of hydrogen-bond donors (Lipinski definition) is 2. The fourth-order valence-corrected chi connectivity index (χ4v) is 3.09. The van der Waals surface area contributed by atoms with Crippen molar-refractivity contribution < 1.29 is 22.7 Å². The van der Waals surface area contributed by atoms with E-state index in [1.54, 1.807) is 12.1 Å². The highest BCUT2D eigenvalue weighted by molar-refractivity contribution is 7.92. The first-order valence-electron chi connectivity index (χ1n) is 6.98. The number of amides is 1. The van der Waals surface area contributed by atoms with Gasteiger partial charge in [-0.25, -0.2) is 8.42 Å². The largest absolute Gasteiger partial charge is 0.497 e. The summed E-state index contributed by atoms with van der Waals surface area (Å²) < 4.78 is 37.7. The van der Waals surface area contributed by atoms with Crippen LogP contribution in [0, 0.1) is 0 Å². The molecule has 7 nitrogen and oxygen atoms in total. The van der Waals surface area contributed by atoms with Crippen LogP contribution in [0.25, 0.3) is 0 Å². The van der Waals surface area contributed by atoms with Gasteiger partial charge in [-0.2, -0.15) is 0 Å². The van der Waals surface area contributed by atoms with Crippen molar-refractivity contribution in [3.63, 3.8) is 0 Å². The van der Waals surface area contributed by atoms with E-state index in [0.717, 1.165) is 0 Å². The van der Waals surface area contributed by atoms with Crippen LogP contribution in [-0.4, -0.2) is 35.6 Å². The van der Waals surface area contributed by atoms with E-state index in [2.05, 4.69) is 10.0 Å². The molecule has 2 aromatic rings. The van der Waals surface area contributed by atoms with E-state index < -0.39 is 10.0 Å². The van der Waals surface area contributed by atoms with Gasteiger partial charge in [-0.05, 0) is 36.4 Å². The Kier molecular flexibility index (Phi) is 5.30. The van der Waals surface area contributed by atoms with Gasteiger partial charge in [-0.15, -0.1) is 0 Å². The molecular formula is C16H18N2O5S. The Morgan fingerprint density at radius 3 is 2.21 bits per heavy atom. The molecule has 2 N–H and O–H groups in total. The first-order chi connectivity index (χ1) is 11.4. The van der Waals surface area contributed by atoms with Gasteiger partial charge in [0, 0.05) is 18.7 Å². The normalized spacial score (nSPS) is 10.8. The molecule has 2 rings (SSSR count). The van der Waals surface area contributed by atoms with Gasteiger partial charge < -0.3 is 14.8 Å². The molecule has 1 amide bonds. The molecule has 8 heteroatoms. The SMILES string of the molecule is CNC(=O)c1ccc(S(=O)(=O)Nc2cc(OC)ccc2OC)cc1. The van der Waals surface area contributed by atoms with Crippen LogP contribution < -0.4 is 19.5 Å². The fourth-order valence-electron chi connectivity index (χ4n) is 2.03. The van der Waals surface area contributed by atoms with Crippen molar-refractivity contribution in [2.45, 2.75) is 4.90 Å². The number of sulfonamides is 1. The minimum Gasteiger partial charge on any atom is -0.497 e. The highest BCUT2D eigenvalue weighted by atomic mass is 32.2. The molecule has 0 aromatic heterocycles. The van der Waals surface area contributed by atoms with E-state index in [-0.39, 0.29) is 16.5 Å². The first-order valence-corrected chi connectivity index (χ1v) is 8.46. The molecule has 0 aliphatic heterocycles. The molecule has 0 saturated carbocycles. The van der Waals surface area contributed by atoms with Crippen molar-refractivity contribution in [1.29, 1.82) is 0 Å². The molecule has 0 fully saturated rings. The Hall–Kier alpha value is -2.74. The Balaban J connectivity index is 2.33. The van der Waals surface area contributed by atoms with Crippen molar-refractivity contribution in [2.75, 3.05) is 26.0 Å². The molecule has 0 saturated heterocycles. The minimum atomic E-state index is -3.84. The van der Waals surface area contributed by atoms with Crippen LogP contribution in [-0.2, 0) is 10.0 Å². The second-order valence-corrected chi connectivity index (χ2v) is 6.46. The molecular weight excluding hydrogens is 332 g/mol. The predicted molar refractivity (Wildman–Crippen MR) is 90.2 cm³/mol. The number of carbonyl (C=O) groups is 1. The van der Waals surface area contributed by atoms with Crippen molar-refractivity contribution in [3.05, 3.63) is 48.0 Å². The Morgan fingerprint density at radius 1 is 1.00 bits per heavy atom. The summed E-state index contributed by atoms with van der Waals surface area (Å²) in [7, 11) is 0.592. The molecule has 0 spiro atoms. The lowest BCUT2D eigenvalue weighted by molar-refractivity contribution is 0.0963. The number of hydrogen-bond acceptors (Lipinski definition) is 5. The average Bonchev–Trinajstić information content (AvgIpc) is 2.60. The molecule has 0 radical (unpaired) electrons. The zero-order valence-corrected chi connectivity index (χ0v) is 14.3. The summed E-state index contributed by atoms with van der Waals surface area (Å²) >= 11 is 0. The van der Waals surface area contributed by atoms with Crippen LogP contribution >= 0.6 is 0 Å². The van der Waals surface area contributed by atoms with Crippen LogP contribution in [0.15, 0.2) is 47.4 Å². The maximum absolute atomic E-state index is 12.5. The molecule has 0 aliphatic carbocycles. The Labute approximate surface area is 140 Å². The maximum atomic E-state index is 12.5.